The summed E-state index contributed by atoms with van der Waals surface area (Å²) >= 11 is 0. The van der Waals surface area contributed by atoms with Gasteiger partial charge in [-0.05, 0) is 44.5 Å². The van der Waals surface area contributed by atoms with Crippen molar-refractivity contribution in [3.63, 3.8) is 0 Å². The van der Waals surface area contributed by atoms with E-state index in [4.69, 9.17) is 10.5 Å². The number of ether oxygens (including phenoxy) is 1. The second-order valence-corrected chi connectivity index (χ2v) is 7.37. The van der Waals surface area contributed by atoms with Crippen LogP contribution in [0.1, 0.15) is 19.4 Å². The molecule has 1 aromatic carbocycles. The molecule has 20 heavy (non-hydrogen) atoms. The third-order valence-electron chi connectivity index (χ3n) is 2.82. The van der Waals surface area contributed by atoms with Gasteiger partial charge in [0, 0.05) is 0 Å². The first kappa shape index (κ1) is 16.8. The van der Waals surface area contributed by atoms with Gasteiger partial charge in [0.2, 0.25) is 0 Å². The van der Waals surface area contributed by atoms with Crippen molar-refractivity contribution in [2.24, 2.45) is 5.73 Å². The lowest BCUT2D eigenvalue weighted by atomic mass is 10.1. The minimum absolute atomic E-state index is 0.283. The summed E-state index contributed by atoms with van der Waals surface area (Å²) in [6.45, 7) is 3.08. The minimum atomic E-state index is -3.30. The fourth-order valence-electron chi connectivity index (χ4n) is 1.56. The summed E-state index contributed by atoms with van der Waals surface area (Å²) < 4.78 is 55.3. The molecule has 1 rings (SSSR count). The van der Waals surface area contributed by atoms with Crippen LogP contribution in [0.25, 0.3) is 0 Å². The van der Waals surface area contributed by atoms with Gasteiger partial charge in [0.05, 0.1) is 11.0 Å². The molecule has 0 unspecified atom stereocenters. The number of sulfone groups is 1. The quantitative estimate of drug-likeness (QED) is 0.832. The molecule has 7 heteroatoms. The van der Waals surface area contributed by atoms with Crippen molar-refractivity contribution < 1.29 is 21.9 Å². The second-order valence-electron chi connectivity index (χ2n) is 4.69. The highest BCUT2D eigenvalue weighted by molar-refractivity contribution is 7.91. The van der Waals surface area contributed by atoms with E-state index in [1.165, 1.54) is 13.8 Å². The first-order chi connectivity index (χ1) is 9.27. The van der Waals surface area contributed by atoms with Crippen molar-refractivity contribution in [1.29, 1.82) is 0 Å². The van der Waals surface area contributed by atoms with Crippen LogP contribution in [0.5, 0.6) is 5.75 Å². The van der Waals surface area contributed by atoms with E-state index in [0.29, 0.717) is 12.0 Å². The monoisotopic (exact) mass is 307 g/mol. The van der Waals surface area contributed by atoms with E-state index < -0.39 is 32.5 Å². The number of benzene rings is 1. The Morgan fingerprint density at radius 2 is 1.80 bits per heavy atom. The van der Waals surface area contributed by atoms with Crippen LogP contribution in [-0.4, -0.2) is 32.6 Å². The van der Waals surface area contributed by atoms with Crippen LogP contribution in [0.4, 0.5) is 8.78 Å². The smallest absolute Gasteiger partial charge is 0.190 e. The third-order valence-corrected chi connectivity index (χ3v) is 5.00. The molecule has 114 valence electrons. The fraction of sp³-hybridized carbons (Fsp3) is 0.538. The molecule has 1 aromatic rings. The molecule has 0 amide bonds. The summed E-state index contributed by atoms with van der Waals surface area (Å²) in [5, 5.41) is -0.548. The molecule has 0 bridgehead atoms. The van der Waals surface area contributed by atoms with Gasteiger partial charge >= 0.3 is 0 Å². The van der Waals surface area contributed by atoms with Crippen LogP contribution in [-0.2, 0) is 16.3 Å². The van der Waals surface area contributed by atoms with Gasteiger partial charge in [-0.3, -0.25) is 0 Å². The van der Waals surface area contributed by atoms with E-state index in [2.05, 4.69) is 0 Å². The van der Waals surface area contributed by atoms with Gasteiger partial charge in [-0.1, -0.05) is 0 Å². The molecule has 0 aromatic heterocycles. The molecule has 2 N–H and O–H groups in total. The van der Waals surface area contributed by atoms with Crippen molar-refractivity contribution >= 4 is 9.84 Å². The highest BCUT2D eigenvalue weighted by atomic mass is 32.2. The number of rotatable bonds is 7. The fourth-order valence-corrected chi connectivity index (χ4v) is 2.34. The second kappa shape index (κ2) is 6.99. The van der Waals surface area contributed by atoms with Crippen molar-refractivity contribution in [3.8, 4) is 5.75 Å². The Hall–Kier alpha value is -1.21. The van der Waals surface area contributed by atoms with Crippen LogP contribution in [0, 0.1) is 11.6 Å². The number of halogens is 2. The standard InChI is InChI=1S/C13H19F2NO3S/c1-9(2)20(17,18)6-5-19-13-11(14)7-10(3-4-16)8-12(13)15/h7-9H,3-6,16H2,1-2H3. The summed E-state index contributed by atoms with van der Waals surface area (Å²) in [6.07, 6.45) is 0.357. The van der Waals surface area contributed by atoms with Crippen molar-refractivity contribution in [2.75, 3.05) is 18.9 Å². The zero-order valence-electron chi connectivity index (χ0n) is 11.5. The molecular formula is C13H19F2NO3S. The van der Waals surface area contributed by atoms with E-state index in [0.717, 1.165) is 12.1 Å². The average Bonchev–Trinajstić information content (AvgIpc) is 2.32. The molecule has 0 saturated heterocycles. The molecule has 4 nitrogen and oxygen atoms in total. The van der Waals surface area contributed by atoms with Crippen molar-refractivity contribution in [1.82, 2.24) is 0 Å². The molecule has 0 radical (unpaired) electrons. The number of hydrogen-bond acceptors (Lipinski definition) is 4. The zero-order chi connectivity index (χ0) is 15.3. The summed E-state index contributed by atoms with van der Waals surface area (Å²) in [6, 6.07) is 2.28. The van der Waals surface area contributed by atoms with Gasteiger partial charge in [-0.15, -0.1) is 0 Å². The van der Waals surface area contributed by atoms with E-state index in [1.807, 2.05) is 0 Å². The molecule has 0 spiro atoms. The van der Waals surface area contributed by atoms with E-state index in [1.54, 1.807) is 0 Å². The average molecular weight is 307 g/mol. The van der Waals surface area contributed by atoms with Gasteiger partial charge in [-0.25, -0.2) is 17.2 Å². The van der Waals surface area contributed by atoms with Crippen LogP contribution >= 0.6 is 0 Å². The summed E-state index contributed by atoms with van der Waals surface area (Å²) in [7, 11) is -3.30. The first-order valence-corrected chi connectivity index (χ1v) is 8.02. The Morgan fingerprint density at radius 1 is 1.25 bits per heavy atom. The molecule has 0 fully saturated rings. The summed E-state index contributed by atoms with van der Waals surface area (Å²) in [5.41, 5.74) is 5.75. The maximum Gasteiger partial charge on any atom is 0.190 e. The van der Waals surface area contributed by atoms with Crippen LogP contribution in [0.3, 0.4) is 0 Å². The largest absolute Gasteiger partial charge is 0.487 e. The molecule has 0 aliphatic carbocycles. The Labute approximate surface area is 117 Å². The Balaban J connectivity index is 2.74. The lowest BCUT2D eigenvalue weighted by Crippen LogP contribution is -2.22. The van der Waals surface area contributed by atoms with Crippen LogP contribution < -0.4 is 10.5 Å². The highest BCUT2D eigenvalue weighted by Crippen LogP contribution is 2.23. The van der Waals surface area contributed by atoms with Gasteiger partial charge in [0.25, 0.3) is 0 Å². The topological polar surface area (TPSA) is 69.4 Å². The lowest BCUT2D eigenvalue weighted by Gasteiger charge is -2.11. The van der Waals surface area contributed by atoms with Gasteiger partial charge in [0.1, 0.15) is 6.61 Å². The molecular weight excluding hydrogens is 288 g/mol. The van der Waals surface area contributed by atoms with E-state index in [9.17, 15) is 17.2 Å². The normalized spacial score (nSPS) is 11.9. The van der Waals surface area contributed by atoms with Gasteiger partial charge in [-0.2, -0.15) is 0 Å². The molecule has 0 heterocycles. The molecule has 0 aliphatic rings. The van der Waals surface area contributed by atoms with Gasteiger partial charge in [0.15, 0.2) is 27.2 Å². The van der Waals surface area contributed by atoms with Crippen LogP contribution in [0.15, 0.2) is 12.1 Å². The van der Waals surface area contributed by atoms with E-state index >= 15 is 0 Å². The van der Waals surface area contributed by atoms with E-state index in [-0.39, 0.29) is 18.9 Å². The Kier molecular flexibility index (Phi) is 5.88. The third kappa shape index (κ3) is 4.42. The predicted octanol–water partition coefficient (Wildman–Crippen LogP) is 1.67. The lowest BCUT2D eigenvalue weighted by molar-refractivity contribution is 0.303. The molecule has 0 saturated carbocycles. The summed E-state index contributed by atoms with van der Waals surface area (Å²) in [5.74, 6) is -2.54. The number of hydrogen-bond donors (Lipinski definition) is 1. The van der Waals surface area contributed by atoms with Crippen molar-refractivity contribution in [2.45, 2.75) is 25.5 Å². The molecule has 0 atom stereocenters. The molecule has 0 aliphatic heterocycles. The van der Waals surface area contributed by atoms with Crippen molar-refractivity contribution in [3.05, 3.63) is 29.3 Å². The highest BCUT2D eigenvalue weighted by Gasteiger charge is 2.18. The zero-order valence-corrected chi connectivity index (χ0v) is 12.3. The SMILES string of the molecule is CC(C)S(=O)(=O)CCOc1c(F)cc(CCN)cc1F. The number of nitrogens with two attached hydrogens (primary N) is 1. The first-order valence-electron chi connectivity index (χ1n) is 6.30. The Morgan fingerprint density at radius 3 is 2.25 bits per heavy atom. The summed E-state index contributed by atoms with van der Waals surface area (Å²) in [4.78, 5) is 0. The van der Waals surface area contributed by atoms with Gasteiger partial charge < -0.3 is 10.5 Å². The maximum absolute atomic E-state index is 13.7. The Bertz CT molecular complexity index is 536. The van der Waals surface area contributed by atoms with Crippen LogP contribution in [0.2, 0.25) is 0 Å². The maximum atomic E-state index is 13.7. The predicted molar refractivity (Wildman–Crippen MR) is 73.5 cm³/mol. The minimum Gasteiger partial charge on any atom is -0.487 e.